The number of para-hydroxylation sites is 1. The van der Waals surface area contributed by atoms with Gasteiger partial charge >= 0.3 is 0 Å². The van der Waals surface area contributed by atoms with Crippen molar-refractivity contribution in [1.29, 1.82) is 5.26 Å². The summed E-state index contributed by atoms with van der Waals surface area (Å²) in [7, 11) is 0. The van der Waals surface area contributed by atoms with Crippen LogP contribution >= 0.6 is 39.1 Å². The molecule has 0 bridgehead atoms. The number of rotatable bonds is 6. The van der Waals surface area contributed by atoms with Crippen molar-refractivity contribution in [3.63, 3.8) is 0 Å². The molecule has 0 saturated heterocycles. The van der Waals surface area contributed by atoms with Crippen LogP contribution < -0.4 is 10.1 Å². The topological polar surface area (TPSA) is 62.1 Å². The maximum absolute atomic E-state index is 12.5. The second-order valence-corrected chi connectivity index (χ2v) is 7.94. The van der Waals surface area contributed by atoms with E-state index in [-0.39, 0.29) is 12.2 Å². The first-order valence-electron chi connectivity index (χ1n) is 8.81. The molecule has 4 nitrogen and oxygen atoms in total. The van der Waals surface area contributed by atoms with E-state index in [1.54, 1.807) is 48.5 Å². The van der Waals surface area contributed by atoms with Gasteiger partial charge in [-0.25, -0.2) is 0 Å². The number of anilines is 1. The van der Waals surface area contributed by atoms with Crippen LogP contribution in [-0.4, -0.2) is 5.91 Å². The molecule has 1 amide bonds. The van der Waals surface area contributed by atoms with Crippen molar-refractivity contribution < 1.29 is 9.53 Å². The standard InChI is InChI=1S/C23H15BrCl2N2O2/c24-18-7-9-22(30-14-15-6-8-20(25)21(26)10-15)16(12-18)11-17(13-27)23(29)28-19-4-2-1-3-5-19/h1-12H,14H2,(H,28,29)/b17-11+. The highest BCUT2D eigenvalue weighted by atomic mass is 79.9. The fraction of sp³-hybridized carbons (Fsp3) is 0.0435. The Kier molecular flexibility index (Phi) is 7.53. The van der Waals surface area contributed by atoms with Crippen LogP contribution in [0.15, 0.2) is 76.8 Å². The van der Waals surface area contributed by atoms with E-state index < -0.39 is 5.91 Å². The van der Waals surface area contributed by atoms with Gasteiger partial charge in [0.2, 0.25) is 0 Å². The highest BCUT2D eigenvalue weighted by Gasteiger charge is 2.12. The Hall–Kier alpha value is -2.78. The van der Waals surface area contributed by atoms with E-state index in [9.17, 15) is 10.1 Å². The first-order valence-corrected chi connectivity index (χ1v) is 10.4. The predicted molar refractivity (Wildman–Crippen MR) is 124 cm³/mol. The summed E-state index contributed by atoms with van der Waals surface area (Å²) in [6, 6.07) is 21.5. The molecule has 0 atom stereocenters. The molecule has 0 aliphatic carbocycles. The van der Waals surface area contributed by atoms with Crippen LogP contribution in [0.3, 0.4) is 0 Å². The molecule has 0 heterocycles. The maximum atomic E-state index is 12.5. The number of halogens is 3. The minimum atomic E-state index is -0.501. The third-order valence-electron chi connectivity index (χ3n) is 4.05. The van der Waals surface area contributed by atoms with Gasteiger partial charge < -0.3 is 10.1 Å². The molecule has 3 aromatic rings. The van der Waals surface area contributed by atoms with Crippen molar-refractivity contribution in [3.8, 4) is 11.8 Å². The average Bonchev–Trinajstić information content (AvgIpc) is 2.74. The quantitative estimate of drug-likeness (QED) is 0.295. The molecule has 150 valence electrons. The summed E-state index contributed by atoms with van der Waals surface area (Å²) in [6.45, 7) is 0.247. The van der Waals surface area contributed by atoms with E-state index in [1.807, 2.05) is 24.3 Å². The lowest BCUT2D eigenvalue weighted by molar-refractivity contribution is -0.112. The first kappa shape index (κ1) is 21.9. The van der Waals surface area contributed by atoms with Crippen LogP contribution in [0, 0.1) is 11.3 Å². The Labute approximate surface area is 192 Å². The summed E-state index contributed by atoms with van der Waals surface area (Å²) in [6.07, 6.45) is 1.49. The maximum Gasteiger partial charge on any atom is 0.266 e. The van der Waals surface area contributed by atoms with Gasteiger partial charge in [0.15, 0.2) is 0 Å². The summed E-state index contributed by atoms with van der Waals surface area (Å²) in [4.78, 5) is 12.5. The molecule has 3 rings (SSSR count). The molecule has 3 aromatic carbocycles. The first-order chi connectivity index (χ1) is 14.5. The zero-order valence-corrected chi connectivity index (χ0v) is 18.6. The van der Waals surface area contributed by atoms with Crippen LogP contribution in [0.5, 0.6) is 5.75 Å². The number of nitrogens with one attached hydrogen (secondary N) is 1. The molecule has 0 spiro atoms. The summed E-state index contributed by atoms with van der Waals surface area (Å²) < 4.78 is 6.70. The molecule has 0 radical (unpaired) electrons. The van der Waals surface area contributed by atoms with Gasteiger partial charge in [-0.3, -0.25) is 4.79 Å². The lowest BCUT2D eigenvalue weighted by atomic mass is 10.1. The van der Waals surface area contributed by atoms with Crippen molar-refractivity contribution in [2.45, 2.75) is 6.61 Å². The molecule has 30 heavy (non-hydrogen) atoms. The van der Waals surface area contributed by atoms with Gasteiger partial charge in [0.05, 0.1) is 10.0 Å². The van der Waals surface area contributed by atoms with Gasteiger partial charge in [0.1, 0.15) is 24.0 Å². The van der Waals surface area contributed by atoms with Gasteiger partial charge in [-0.05, 0) is 54.1 Å². The Morgan fingerprint density at radius 2 is 1.83 bits per heavy atom. The third-order valence-corrected chi connectivity index (χ3v) is 5.28. The molecule has 7 heteroatoms. The van der Waals surface area contributed by atoms with E-state index >= 15 is 0 Å². The SMILES string of the molecule is N#C/C(=C\c1cc(Br)ccc1OCc1ccc(Cl)c(Cl)c1)C(=O)Nc1ccccc1. The largest absolute Gasteiger partial charge is 0.488 e. The van der Waals surface area contributed by atoms with Gasteiger partial charge in [-0.1, -0.05) is 63.4 Å². The fourth-order valence-electron chi connectivity index (χ4n) is 2.58. The van der Waals surface area contributed by atoms with Gasteiger partial charge in [-0.2, -0.15) is 5.26 Å². The smallest absolute Gasteiger partial charge is 0.266 e. The number of benzene rings is 3. The summed E-state index contributed by atoms with van der Waals surface area (Å²) >= 11 is 15.4. The van der Waals surface area contributed by atoms with Crippen molar-refractivity contribution in [2.75, 3.05) is 5.32 Å². The fourth-order valence-corrected chi connectivity index (χ4v) is 3.28. The van der Waals surface area contributed by atoms with Crippen molar-refractivity contribution in [2.24, 2.45) is 0 Å². The Bertz CT molecular complexity index is 1140. The van der Waals surface area contributed by atoms with Crippen molar-refractivity contribution in [3.05, 3.63) is 97.9 Å². The molecule has 1 N–H and O–H groups in total. The number of nitrogens with zero attached hydrogens (tertiary/aromatic N) is 1. The number of carbonyl (C=O) groups excluding carboxylic acids is 1. The number of carbonyl (C=O) groups is 1. The second kappa shape index (κ2) is 10.3. The number of nitriles is 1. The number of hydrogen-bond acceptors (Lipinski definition) is 3. The lowest BCUT2D eigenvalue weighted by Gasteiger charge is -2.11. The van der Waals surface area contributed by atoms with Gasteiger partial charge in [0.25, 0.3) is 5.91 Å². The highest BCUT2D eigenvalue weighted by molar-refractivity contribution is 9.10. The van der Waals surface area contributed by atoms with Crippen LogP contribution in [0.25, 0.3) is 6.08 Å². The molecule has 0 aliphatic rings. The zero-order chi connectivity index (χ0) is 21.5. The third kappa shape index (κ3) is 5.87. The molecule has 0 aliphatic heterocycles. The highest BCUT2D eigenvalue weighted by Crippen LogP contribution is 2.28. The van der Waals surface area contributed by atoms with Crippen LogP contribution in [0.1, 0.15) is 11.1 Å². The number of amides is 1. The molecule has 0 fully saturated rings. The molecule has 0 unspecified atom stereocenters. The van der Waals surface area contributed by atoms with Crippen molar-refractivity contribution >= 4 is 56.8 Å². The van der Waals surface area contributed by atoms with Crippen molar-refractivity contribution in [1.82, 2.24) is 0 Å². The van der Waals surface area contributed by atoms with Crippen LogP contribution in [0.4, 0.5) is 5.69 Å². The Morgan fingerprint density at radius 1 is 1.07 bits per heavy atom. The van der Waals surface area contributed by atoms with Gasteiger partial charge in [-0.15, -0.1) is 0 Å². The van der Waals surface area contributed by atoms with E-state index in [1.165, 1.54) is 6.08 Å². The normalized spacial score (nSPS) is 10.9. The van der Waals surface area contributed by atoms with Gasteiger partial charge in [0, 0.05) is 15.7 Å². The predicted octanol–water partition coefficient (Wildman–Crippen LogP) is 6.88. The minimum absolute atomic E-state index is 0.0451. The summed E-state index contributed by atoms with van der Waals surface area (Å²) in [5, 5.41) is 13.1. The van der Waals surface area contributed by atoms with E-state index in [0.717, 1.165) is 10.0 Å². The zero-order valence-electron chi connectivity index (χ0n) is 15.5. The molecule has 0 saturated carbocycles. The van der Waals surface area contributed by atoms with E-state index in [2.05, 4.69) is 21.2 Å². The number of ether oxygens (including phenoxy) is 1. The second-order valence-electron chi connectivity index (χ2n) is 6.21. The van der Waals surface area contributed by atoms with E-state index in [4.69, 9.17) is 27.9 Å². The average molecular weight is 502 g/mol. The monoisotopic (exact) mass is 500 g/mol. The minimum Gasteiger partial charge on any atom is -0.488 e. The summed E-state index contributed by atoms with van der Waals surface area (Å²) in [5.41, 5.74) is 1.99. The Morgan fingerprint density at radius 3 is 2.53 bits per heavy atom. The number of hydrogen-bond donors (Lipinski definition) is 1. The Balaban J connectivity index is 1.83. The molecular formula is C23H15BrCl2N2O2. The van der Waals surface area contributed by atoms with Crippen LogP contribution in [0.2, 0.25) is 10.0 Å². The molecule has 0 aromatic heterocycles. The van der Waals surface area contributed by atoms with E-state index in [0.29, 0.717) is 27.0 Å². The van der Waals surface area contributed by atoms with Crippen LogP contribution in [-0.2, 0) is 11.4 Å². The molecular weight excluding hydrogens is 487 g/mol. The lowest BCUT2D eigenvalue weighted by Crippen LogP contribution is -2.13. The summed E-state index contributed by atoms with van der Waals surface area (Å²) in [5.74, 6) is 0.0173.